The molecule has 1 heterocycles. The topological polar surface area (TPSA) is 47.0 Å². The SMILES string of the molecule is COc1ccc2c(NC3CCCCCC3)nc(C(F)(F)F)nc2c1. The van der Waals surface area contributed by atoms with Gasteiger partial charge in [0.05, 0.1) is 12.6 Å². The third-order valence-electron chi connectivity index (χ3n) is 4.35. The van der Waals surface area contributed by atoms with Gasteiger partial charge in [-0.05, 0) is 25.0 Å². The summed E-state index contributed by atoms with van der Waals surface area (Å²) < 4.78 is 44.5. The van der Waals surface area contributed by atoms with Crippen LogP contribution < -0.4 is 10.1 Å². The summed E-state index contributed by atoms with van der Waals surface area (Å²) in [5.41, 5.74) is 0.229. The highest BCUT2D eigenvalue weighted by Crippen LogP contribution is 2.32. The second-order valence-corrected chi connectivity index (χ2v) is 6.11. The van der Waals surface area contributed by atoms with Crippen LogP contribution in [-0.2, 0) is 6.18 Å². The molecule has 0 bridgehead atoms. The van der Waals surface area contributed by atoms with E-state index in [0.717, 1.165) is 25.7 Å². The van der Waals surface area contributed by atoms with Crippen molar-refractivity contribution in [1.29, 1.82) is 0 Å². The van der Waals surface area contributed by atoms with Gasteiger partial charge in [-0.2, -0.15) is 13.2 Å². The molecule has 1 fully saturated rings. The third-order valence-corrected chi connectivity index (χ3v) is 4.35. The van der Waals surface area contributed by atoms with Crippen LogP contribution in [0.15, 0.2) is 18.2 Å². The number of aromatic nitrogens is 2. The minimum absolute atomic E-state index is 0.147. The predicted molar refractivity (Wildman–Crippen MR) is 86.2 cm³/mol. The quantitative estimate of drug-likeness (QED) is 0.817. The maximum atomic E-state index is 13.1. The number of methoxy groups -OCH3 is 1. The van der Waals surface area contributed by atoms with Gasteiger partial charge >= 0.3 is 6.18 Å². The number of hydrogen-bond acceptors (Lipinski definition) is 4. The number of ether oxygens (including phenoxy) is 1. The van der Waals surface area contributed by atoms with E-state index in [0.29, 0.717) is 11.1 Å². The Kier molecular flexibility index (Phi) is 4.78. The summed E-state index contributed by atoms with van der Waals surface area (Å²) in [6, 6.07) is 5.06. The van der Waals surface area contributed by atoms with Crippen molar-refractivity contribution in [3.05, 3.63) is 24.0 Å². The highest BCUT2D eigenvalue weighted by Gasteiger charge is 2.35. The number of fused-ring (bicyclic) bond motifs is 1. The van der Waals surface area contributed by atoms with Crippen LogP contribution in [0.25, 0.3) is 10.9 Å². The molecule has 0 saturated heterocycles. The second kappa shape index (κ2) is 6.83. The number of nitrogens with one attached hydrogen (secondary N) is 1. The summed E-state index contributed by atoms with van der Waals surface area (Å²) >= 11 is 0. The van der Waals surface area contributed by atoms with Crippen molar-refractivity contribution >= 4 is 16.7 Å². The fourth-order valence-corrected chi connectivity index (χ4v) is 3.09. The first-order valence-corrected chi connectivity index (χ1v) is 8.17. The van der Waals surface area contributed by atoms with Gasteiger partial charge in [-0.15, -0.1) is 0 Å². The molecular formula is C17H20F3N3O. The molecule has 4 nitrogen and oxygen atoms in total. The van der Waals surface area contributed by atoms with Crippen LogP contribution in [-0.4, -0.2) is 23.1 Å². The molecule has 0 amide bonds. The van der Waals surface area contributed by atoms with Crippen molar-refractivity contribution in [3.63, 3.8) is 0 Å². The van der Waals surface area contributed by atoms with Crippen LogP contribution in [0.4, 0.5) is 19.0 Å². The van der Waals surface area contributed by atoms with Gasteiger partial charge in [0.1, 0.15) is 11.6 Å². The van der Waals surface area contributed by atoms with E-state index in [1.165, 1.54) is 26.0 Å². The van der Waals surface area contributed by atoms with E-state index < -0.39 is 12.0 Å². The molecule has 1 aromatic carbocycles. The van der Waals surface area contributed by atoms with Crippen molar-refractivity contribution in [2.45, 2.75) is 50.7 Å². The molecule has 2 aromatic rings. The van der Waals surface area contributed by atoms with E-state index in [9.17, 15) is 13.2 Å². The molecule has 24 heavy (non-hydrogen) atoms. The van der Waals surface area contributed by atoms with Gasteiger partial charge in [0, 0.05) is 17.5 Å². The lowest BCUT2D eigenvalue weighted by atomic mass is 10.1. The first kappa shape index (κ1) is 16.8. The Morgan fingerprint density at radius 2 is 1.79 bits per heavy atom. The Morgan fingerprint density at radius 1 is 1.08 bits per heavy atom. The average Bonchev–Trinajstić information content (AvgIpc) is 2.82. The summed E-state index contributed by atoms with van der Waals surface area (Å²) in [5.74, 6) is -0.406. The molecule has 1 N–H and O–H groups in total. The maximum Gasteiger partial charge on any atom is 0.451 e. The van der Waals surface area contributed by atoms with E-state index in [4.69, 9.17) is 4.74 Å². The number of alkyl halides is 3. The van der Waals surface area contributed by atoms with E-state index in [1.807, 2.05) is 0 Å². The lowest BCUT2D eigenvalue weighted by Crippen LogP contribution is -2.21. The minimum atomic E-state index is -4.59. The normalized spacial score (nSPS) is 16.8. The van der Waals surface area contributed by atoms with Gasteiger partial charge in [0.15, 0.2) is 0 Å². The Morgan fingerprint density at radius 3 is 2.42 bits per heavy atom. The molecule has 7 heteroatoms. The summed E-state index contributed by atoms with van der Waals surface area (Å²) in [4.78, 5) is 7.44. The number of halogens is 3. The third kappa shape index (κ3) is 3.71. The number of hydrogen-bond donors (Lipinski definition) is 1. The van der Waals surface area contributed by atoms with Gasteiger partial charge in [-0.1, -0.05) is 25.7 Å². The van der Waals surface area contributed by atoms with Gasteiger partial charge in [0.25, 0.3) is 0 Å². The van der Waals surface area contributed by atoms with Crippen molar-refractivity contribution in [1.82, 2.24) is 9.97 Å². The molecule has 0 spiro atoms. The number of rotatable bonds is 3. The van der Waals surface area contributed by atoms with Crippen LogP contribution in [0.5, 0.6) is 5.75 Å². The van der Waals surface area contributed by atoms with Crippen molar-refractivity contribution < 1.29 is 17.9 Å². The molecule has 1 aromatic heterocycles. The zero-order valence-corrected chi connectivity index (χ0v) is 13.5. The van der Waals surface area contributed by atoms with Crippen LogP contribution in [0.3, 0.4) is 0 Å². The molecule has 0 atom stereocenters. The zero-order chi connectivity index (χ0) is 17.2. The maximum absolute atomic E-state index is 13.1. The van der Waals surface area contributed by atoms with E-state index in [2.05, 4.69) is 15.3 Å². The second-order valence-electron chi connectivity index (χ2n) is 6.11. The lowest BCUT2D eigenvalue weighted by molar-refractivity contribution is -0.144. The smallest absolute Gasteiger partial charge is 0.451 e. The average molecular weight is 339 g/mol. The summed E-state index contributed by atoms with van der Waals surface area (Å²) in [6.45, 7) is 0. The molecule has 3 rings (SSSR count). The van der Waals surface area contributed by atoms with Crippen LogP contribution in [0, 0.1) is 0 Å². The Bertz CT molecular complexity index is 710. The van der Waals surface area contributed by atoms with Gasteiger partial charge in [-0.3, -0.25) is 0 Å². The lowest BCUT2D eigenvalue weighted by Gasteiger charge is -2.19. The Labute approximate surface area is 138 Å². The standard InChI is InChI=1S/C17H20F3N3O/c1-24-12-8-9-13-14(10-12)22-16(17(18,19)20)23-15(13)21-11-6-4-2-3-5-7-11/h8-11H,2-7H2,1H3,(H,21,22,23). The number of anilines is 1. The van der Waals surface area contributed by atoms with Crippen LogP contribution in [0.2, 0.25) is 0 Å². The number of benzene rings is 1. The minimum Gasteiger partial charge on any atom is -0.497 e. The van der Waals surface area contributed by atoms with Gasteiger partial charge < -0.3 is 10.1 Å². The first-order valence-electron chi connectivity index (χ1n) is 8.17. The molecule has 0 unspecified atom stereocenters. The van der Waals surface area contributed by atoms with Gasteiger partial charge in [-0.25, -0.2) is 9.97 Å². The van der Waals surface area contributed by atoms with E-state index in [-0.39, 0.29) is 17.4 Å². The molecule has 0 radical (unpaired) electrons. The highest BCUT2D eigenvalue weighted by atomic mass is 19.4. The monoisotopic (exact) mass is 339 g/mol. The molecule has 130 valence electrons. The Balaban J connectivity index is 2.03. The predicted octanol–water partition coefficient (Wildman–Crippen LogP) is 4.79. The van der Waals surface area contributed by atoms with E-state index >= 15 is 0 Å². The van der Waals surface area contributed by atoms with Crippen molar-refractivity contribution in [3.8, 4) is 5.75 Å². The fourth-order valence-electron chi connectivity index (χ4n) is 3.09. The summed E-state index contributed by atoms with van der Waals surface area (Å²) in [6.07, 6.45) is 1.83. The first-order chi connectivity index (χ1) is 11.5. The van der Waals surface area contributed by atoms with Crippen LogP contribution >= 0.6 is 0 Å². The highest BCUT2D eigenvalue weighted by molar-refractivity contribution is 5.90. The molecule has 1 aliphatic carbocycles. The van der Waals surface area contributed by atoms with Crippen molar-refractivity contribution in [2.75, 3.05) is 12.4 Å². The van der Waals surface area contributed by atoms with Gasteiger partial charge in [0.2, 0.25) is 5.82 Å². The summed E-state index contributed by atoms with van der Waals surface area (Å²) in [5, 5.41) is 3.80. The zero-order valence-electron chi connectivity index (χ0n) is 13.5. The summed E-state index contributed by atoms with van der Waals surface area (Å²) in [7, 11) is 1.47. The largest absolute Gasteiger partial charge is 0.497 e. The number of nitrogens with zero attached hydrogens (tertiary/aromatic N) is 2. The fraction of sp³-hybridized carbons (Fsp3) is 0.529. The molecular weight excluding hydrogens is 319 g/mol. The van der Waals surface area contributed by atoms with Crippen LogP contribution in [0.1, 0.15) is 44.3 Å². The molecule has 1 saturated carbocycles. The molecule has 1 aliphatic rings. The Hall–Kier alpha value is -2.05. The van der Waals surface area contributed by atoms with E-state index in [1.54, 1.807) is 12.1 Å². The van der Waals surface area contributed by atoms with Crippen molar-refractivity contribution in [2.24, 2.45) is 0 Å². The molecule has 0 aliphatic heterocycles.